The van der Waals surface area contributed by atoms with Crippen molar-refractivity contribution in [3.05, 3.63) is 77.9 Å². The predicted molar refractivity (Wildman–Crippen MR) is 175 cm³/mol. The van der Waals surface area contributed by atoms with E-state index in [-0.39, 0.29) is 44.0 Å². The number of rotatable bonds is 11. The van der Waals surface area contributed by atoms with Gasteiger partial charge in [0.25, 0.3) is 0 Å². The minimum absolute atomic E-state index is 0.0782. The first kappa shape index (κ1) is 32.6. The lowest BCUT2D eigenvalue weighted by Crippen LogP contribution is -2.51. The van der Waals surface area contributed by atoms with E-state index in [0.717, 1.165) is 16.8 Å². The third-order valence-electron chi connectivity index (χ3n) is 7.94. The molecule has 0 aliphatic carbocycles. The van der Waals surface area contributed by atoms with Gasteiger partial charge in [-0.25, -0.2) is 9.78 Å². The van der Waals surface area contributed by atoms with Crippen molar-refractivity contribution < 1.29 is 29.0 Å². The van der Waals surface area contributed by atoms with Crippen LogP contribution in [0, 0.1) is 0 Å². The number of nitrogens with one attached hydrogen (secondary N) is 4. The highest BCUT2D eigenvalue weighted by Gasteiger charge is 2.33. The molecule has 0 saturated heterocycles. The van der Waals surface area contributed by atoms with Gasteiger partial charge < -0.3 is 40.8 Å². The van der Waals surface area contributed by atoms with E-state index < -0.39 is 17.7 Å². The van der Waals surface area contributed by atoms with Crippen LogP contribution in [0.1, 0.15) is 37.8 Å². The summed E-state index contributed by atoms with van der Waals surface area (Å²) in [6.45, 7) is 3.67. The summed E-state index contributed by atoms with van der Waals surface area (Å²) in [5.74, 6) is -0.153. The van der Waals surface area contributed by atoms with Crippen molar-refractivity contribution in [1.29, 1.82) is 0 Å². The Morgan fingerprint density at radius 2 is 1.87 bits per heavy atom. The molecule has 0 fully saturated rings. The minimum atomic E-state index is -0.928. The molecule has 4 amide bonds. The van der Waals surface area contributed by atoms with Gasteiger partial charge in [0.2, 0.25) is 17.7 Å². The van der Waals surface area contributed by atoms with Crippen molar-refractivity contribution in [3.8, 4) is 11.5 Å². The highest BCUT2D eigenvalue weighted by atomic mass is 16.3. The van der Waals surface area contributed by atoms with Crippen molar-refractivity contribution in [2.45, 2.75) is 57.3 Å². The molecule has 2 heterocycles. The molecule has 6 N–H and O–H groups in total. The van der Waals surface area contributed by atoms with E-state index >= 15 is 0 Å². The molecule has 12 nitrogen and oxygen atoms in total. The molecule has 4 aromatic rings. The standard InChI is InChI=1S/C34H40N6O6/c1-34(2,36-18-23(42)20-41)17-30(43)37-26-14-13-22-8-4-7-11-28(22)40(32(26)44)19-21-12-15-29-27(16-21)38-31(46-29)24-9-5-6-10-25(24)39-33(45)35-3/h4-12,15-16,23,26,36,41-42H,13-14,17-20H2,1-3H3,(H,37,43)(H2,35,39,45)/t23-,26+/m0/s1. The molecule has 1 aliphatic rings. The Labute approximate surface area is 267 Å². The zero-order valence-electron chi connectivity index (χ0n) is 26.2. The average Bonchev–Trinajstić information content (AvgIpc) is 3.42. The second-order valence-corrected chi connectivity index (χ2v) is 12.1. The van der Waals surface area contributed by atoms with Gasteiger partial charge in [-0.05, 0) is 68.1 Å². The molecule has 0 radical (unpaired) electrons. The first-order valence-electron chi connectivity index (χ1n) is 15.3. The zero-order chi connectivity index (χ0) is 32.8. The zero-order valence-corrected chi connectivity index (χ0v) is 26.2. The number of hydrogen-bond acceptors (Lipinski definition) is 8. The van der Waals surface area contributed by atoms with E-state index in [0.29, 0.717) is 41.1 Å². The number of β-amino-alcohol motifs (C(OH)–C–C–N with tert-alkyl or cyclic N) is 1. The molecule has 3 aromatic carbocycles. The lowest BCUT2D eigenvalue weighted by molar-refractivity contribution is -0.128. The molecule has 0 unspecified atom stereocenters. The monoisotopic (exact) mass is 628 g/mol. The predicted octanol–water partition coefficient (Wildman–Crippen LogP) is 3.32. The summed E-state index contributed by atoms with van der Waals surface area (Å²) < 4.78 is 6.05. The maximum Gasteiger partial charge on any atom is 0.318 e. The van der Waals surface area contributed by atoms with Crippen molar-refractivity contribution >= 4 is 40.3 Å². The van der Waals surface area contributed by atoms with E-state index in [1.54, 1.807) is 11.0 Å². The molecule has 1 aliphatic heterocycles. The molecule has 1 aromatic heterocycles. The number of oxazole rings is 1. The Hall–Kier alpha value is -4.78. The van der Waals surface area contributed by atoms with Crippen LogP contribution in [0.4, 0.5) is 16.2 Å². The molecule has 46 heavy (non-hydrogen) atoms. The molecule has 12 heteroatoms. The SMILES string of the molecule is CNC(=O)Nc1ccccc1-c1nc2cc(CN3C(=O)[C@H](NC(=O)CC(C)(C)NC[C@H](O)CO)CCc4ccccc43)ccc2o1. The summed E-state index contributed by atoms with van der Waals surface area (Å²) in [5.41, 5.74) is 4.30. The van der Waals surface area contributed by atoms with Crippen molar-refractivity contribution in [2.24, 2.45) is 0 Å². The van der Waals surface area contributed by atoms with Crippen LogP contribution in [0.2, 0.25) is 0 Å². The Bertz CT molecular complexity index is 1720. The van der Waals surface area contributed by atoms with Crippen LogP contribution in [0.15, 0.2) is 71.1 Å². The lowest BCUT2D eigenvalue weighted by Gasteiger charge is -2.29. The van der Waals surface area contributed by atoms with Crippen molar-refractivity contribution in [1.82, 2.24) is 20.9 Å². The third-order valence-corrected chi connectivity index (χ3v) is 7.94. The summed E-state index contributed by atoms with van der Waals surface area (Å²) in [4.78, 5) is 45.5. The fourth-order valence-electron chi connectivity index (χ4n) is 5.51. The molecule has 0 bridgehead atoms. The van der Waals surface area contributed by atoms with Gasteiger partial charge in [-0.1, -0.05) is 36.4 Å². The minimum Gasteiger partial charge on any atom is -0.436 e. The number of anilines is 2. The number of aromatic nitrogens is 1. The van der Waals surface area contributed by atoms with Crippen LogP contribution in [-0.4, -0.2) is 70.9 Å². The van der Waals surface area contributed by atoms with Gasteiger partial charge in [0.1, 0.15) is 11.6 Å². The number of para-hydroxylation sites is 2. The average molecular weight is 629 g/mol. The summed E-state index contributed by atoms with van der Waals surface area (Å²) in [6, 6.07) is 19.4. The first-order valence-corrected chi connectivity index (χ1v) is 15.3. The van der Waals surface area contributed by atoms with Gasteiger partial charge in [0.15, 0.2) is 5.58 Å². The fourth-order valence-corrected chi connectivity index (χ4v) is 5.51. The lowest BCUT2D eigenvalue weighted by atomic mass is 9.99. The smallest absolute Gasteiger partial charge is 0.318 e. The van der Waals surface area contributed by atoms with Gasteiger partial charge >= 0.3 is 6.03 Å². The van der Waals surface area contributed by atoms with Crippen LogP contribution >= 0.6 is 0 Å². The van der Waals surface area contributed by atoms with E-state index in [1.165, 1.54) is 7.05 Å². The number of carbonyl (C=O) groups excluding carboxylic acids is 3. The number of benzene rings is 3. The summed E-state index contributed by atoms with van der Waals surface area (Å²) >= 11 is 0. The van der Waals surface area contributed by atoms with Crippen LogP contribution < -0.4 is 26.2 Å². The number of nitrogens with zero attached hydrogens (tertiary/aromatic N) is 2. The number of carbonyl (C=O) groups is 3. The Morgan fingerprint density at radius 3 is 2.65 bits per heavy atom. The molecular formula is C34H40N6O6. The summed E-state index contributed by atoms with van der Waals surface area (Å²) in [7, 11) is 1.54. The van der Waals surface area contributed by atoms with E-state index in [4.69, 9.17) is 14.5 Å². The van der Waals surface area contributed by atoms with E-state index in [2.05, 4.69) is 21.3 Å². The second-order valence-electron chi connectivity index (χ2n) is 12.1. The van der Waals surface area contributed by atoms with Crippen LogP contribution in [0.25, 0.3) is 22.6 Å². The van der Waals surface area contributed by atoms with Crippen LogP contribution in [0.3, 0.4) is 0 Å². The molecule has 2 atom stereocenters. The van der Waals surface area contributed by atoms with Gasteiger partial charge in [-0.3, -0.25) is 9.59 Å². The van der Waals surface area contributed by atoms with Gasteiger partial charge in [-0.2, -0.15) is 0 Å². The van der Waals surface area contributed by atoms with Crippen molar-refractivity contribution in [3.63, 3.8) is 0 Å². The number of hydrogen-bond donors (Lipinski definition) is 6. The number of aliphatic hydroxyl groups excluding tert-OH is 2. The fraction of sp³-hybridized carbons (Fsp3) is 0.353. The maximum atomic E-state index is 14.0. The Balaban J connectivity index is 1.36. The van der Waals surface area contributed by atoms with Crippen LogP contribution in [-0.2, 0) is 22.6 Å². The molecule has 242 valence electrons. The quantitative estimate of drug-likeness (QED) is 0.147. The summed E-state index contributed by atoms with van der Waals surface area (Å²) in [5, 5.41) is 30.2. The molecular weight excluding hydrogens is 588 g/mol. The largest absolute Gasteiger partial charge is 0.436 e. The van der Waals surface area contributed by atoms with E-state index in [9.17, 15) is 19.5 Å². The third kappa shape index (κ3) is 7.71. The number of urea groups is 1. The highest BCUT2D eigenvalue weighted by Crippen LogP contribution is 2.32. The molecule has 5 rings (SSSR count). The van der Waals surface area contributed by atoms with Gasteiger partial charge in [0, 0.05) is 31.2 Å². The van der Waals surface area contributed by atoms with Gasteiger partial charge in [-0.15, -0.1) is 0 Å². The highest BCUT2D eigenvalue weighted by molar-refractivity contribution is 6.00. The van der Waals surface area contributed by atoms with E-state index in [1.807, 2.05) is 74.5 Å². The number of aliphatic hydroxyl groups is 2. The topological polar surface area (TPSA) is 169 Å². The number of amides is 4. The first-order chi connectivity index (χ1) is 22.1. The molecule has 0 spiro atoms. The van der Waals surface area contributed by atoms with Crippen molar-refractivity contribution in [2.75, 3.05) is 30.4 Å². The normalized spacial score (nSPS) is 15.6. The Kier molecular flexibility index (Phi) is 10.0. The molecule has 0 saturated carbocycles. The number of aryl methyl sites for hydroxylation is 1. The van der Waals surface area contributed by atoms with Gasteiger partial charge in [0.05, 0.1) is 30.5 Å². The maximum absolute atomic E-state index is 14.0. The van der Waals surface area contributed by atoms with Crippen LogP contribution in [0.5, 0.6) is 0 Å². The Morgan fingerprint density at radius 1 is 1.11 bits per heavy atom. The summed E-state index contributed by atoms with van der Waals surface area (Å²) in [6.07, 6.45) is 0.213. The second kappa shape index (κ2) is 14.1. The number of fused-ring (bicyclic) bond motifs is 2.